The van der Waals surface area contributed by atoms with Gasteiger partial charge in [0, 0.05) is 19.6 Å². The topological polar surface area (TPSA) is 58.6 Å². The van der Waals surface area contributed by atoms with E-state index >= 15 is 0 Å². The number of likely N-dealkylation sites (tertiary alicyclic amines) is 1. The number of nitrogens with zero attached hydrogens (tertiary/aromatic N) is 1. The van der Waals surface area contributed by atoms with Crippen LogP contribution in [0.1, 0.15) is 37.7 Å². The van der Waals surface area contributed by atoms with Crippen molar-refractivity contribution in [2.75, 3.05) is 20.2 Å². The fourth-order valence-electron chi connectivity index (χ4n) is 3.35. The average Bonchev–Trinajstić information content (AvgIpc) is 3.43. The third-order valence-corrected chi connectivity index (χ3v) is 4.99. The monoisotopic (exact) mass is 330 g/mol. The van der Waals surface area contributed by atoms with E-state index in [0.717, 1.165) is 37.2 Å². The quantitative estimate of drug-likeness (QED) is 0.901. The van der Waals surface area contributed by atoms with Crippen molar-refractivity contribution in [3.63, 3.8) is 0 Å². The highest BCUT2D eigenvalue weighted by Gasteiger charge is 2.49. The molecule has 130 valence electrons. The number of methoxy groups -OCH3 is 1. The van der Waals surface area contributed by atoms with Gasteiger partial charge in [0.05, 0.1) is 18.9 Å². The number of hydrogen-bond acceptors (Lipinski definition) is 3. The Morgan fingerprint density at radius 3 is 2.38 bits per heavy atom. The molecule has 0 radical (unpaired) electrons. The van der Waals surface area contributed by atoms with Gasteiger partial charge in [-0.1, -0.05) is 25.0 Å². The summed E-state index contributed by atoms with van der Waals surface area (Å²) in [5.41, 5.74) is 1.03. The highest BCUT2D eigenvalue weighted by molar-refractivity contribution is 5.92. The number of benzene rings is 1. The van der Waals surface area contributed by atoms with Crippen molar-refractivity contribution in [3.05, 3.63) is 29.8 Å². The lowest BCUT2D eigenvalue weighted by atomic mass is 10.2. The Labute approximate surface area is 143 Å². The molecule has 2 atom stereocenters. The van der Waals surface area contributed by atoms with Crippen molar-refractivity contribution in [3.8, 4) is 5.75 Å². The molecule has 5 nitrogen and oxygen atoms in total. The standard InChI is InChI=1S/C19H26N2O3/c1-24-15-8-6-14(7-9-15)13-20-18(22)16-12-17(16)19(23)21-10-4-2-3-5-11-21/h6-9,16-17H,2-5,10-13H2,1H3,(H,20,22). The molecule has 1 N–H and O–H groups in total. The summed E-state index contributed by atoms with van der Waals surface area (Å²) < 4.78 is 5.12. The molecular weight excluding hydrogens is 304 g/mol. The number of ether oxygens (including phenoxy) is 1. The van der Waals surface area contributed by atoms with Crippen molar-refractivity contribution in [1.82, 2.24) is 10.2 Å². The van der Waals surface area contributed by atoms with Crippen LogP contribution in [0.4, 0.5) is 0 Å². The second-order valence-electron chi connectivity index (χ2n) is 6.75. The Morgan fingerprint density at radius 2 is 1.75 bits per heavy atom. The Balaban J connectivity index is 1.45. The molecule has 1 aliphatic carbocycles. The van der Waals surface area contributed by atoms with Gasteiger partial charge in [0.15, 0.2) is 0 Å². The minimum atomic E-state index is -0.140. The molecule has 5 heteroatoms. The molecule has 0 aromatic heterocycles. The molecule has 3 rings (SSSR count). The highest BCUT2D eigenvalue weighted by atomic mass is 16.5. The first-order chi connectivity index (χ1) is 11.7. The normalized spacial score (nSPS) is 23.3. The number of rotatable bonds is 5. The molecule has 1 saturated heterocycles. The van der Waals surface area contributed by atoms with E-state index < -0.39 is 0 Å². The van der Waals surface area contributed by atoms with Crippen LogP contribution in [0.15, 0.2) is 24.3 Å². The van der Waals surface area contributed by atoms with Gasteiger partial charge in [-0.25, -0.2) is 0 Å². The lowest BCUT2D eigenvalue weighted by molar-refractivity contribution is -0.134. The van der Waals surface area contributed by atoms with Crippen LogP contribution in [-0.2, 0) is 16.1 Å². The van der Waals surface area contributed by atoms with E-state index in [9.17, 15) is 9.59 Å². The second-order valence-corrected chi connectivity index (χ2v) is 6.75. The fraction of sp³-hybridized carbons (Fsp3) is 0.579. The van der Waals surface area contributed by atoms with E-state index in [1.165, 1.54) is 12.8 Å². The van der Waals surface area contributed by atoms with Gasteiger partial charge >= 0.3 is 0 Å². The Kier molecular flexibility index (Phi) is 5.38. The molecule has 0 spiro atoms. The molecule has 1 aromatic rings. The van der Waals surface area contributed by atoms with Crippen LogP contribution in [0.3, 0.4) is 0 Å². The van der Waals surface area contributed by atoms with Crippen LogP contribution in [0.25, 0.3) is 0 Å². The summed E-state index contributed by atoms with van der Waals surface area (Å²) in [7, 11) is 1.63. The van der Waals surface area contributed by atoms with Gasteiger partial charge in [-0.2, -0.15) is 0 Å². The Hall–Kier alpha value is -2.04. The van der Waals surface area contributed by atoms with Crippen LogP contribution < -0.4 is 10.1 Å². The number of amides is 2. The lowest BCUT2D eigenvalue weighted by Crippen LogP contribution is -2.35. The minimum Gasteiger partial charge on any atom is -0.497 e. The smallest absolute Gasteiger partial charge is 0.226 e. The van der Waals surface area contributed by atoms with Crippen molar-refractivity contribution < 1.29 is 14.3 Å². The van der Waals surface area contributed by atoms with Crippen molar-refractivity contribution in [2.45, 2.75) is 38.6 Å². The van der Waals surface area contributed by atoms with Crippen molar-refractivity contribution in [2.24, 2.45) is 11.8 Å². The lowest BCUT2D eigenvalue weighted by Gasteiger charge is -2.20. The van der Waals surface area contributed by atoms with Crippen molar-refractivity contribution >= 4 is 11.8 Å². The molecule has 1 heterocycles. The third kappa shape index (κ3) is 4.08. The van der Waals surface area contributed by atoms with Gasteiger partial charge in [-0.3, -0.25) is 9.59 Å². The largest absolute Gasteiger partial charge is 0.497 e. The molecule has 2 unspecified atom stereocenters. The predicted octanol–water partition coefficient (Wildman–Crippen LogP) is 2.35. The minimum absolute atomic E-state index is 0.000935. The molecule has 1 aliphatic heterocycles. The van der Waals surface area contributed by atoms with Gasteiger partial charge in [0.25, 0.3) is 0 Å². The molecule has 2 fully saturated rings. The molecule has 2 amide bonds. The van der Waals surface area contributed by atoms with Gasteiger partial charge in [-0.05, 0) is 37.0 Å². The van der Waals surface area contributed by atoms with E-state index in [0.29, 0.717) is 13.0 Å². The van der Waals surface area contributed by atoms with E-state index in [4.69, 9.17) is 4.74 Å². The first-order valence-corrected chi connectivity index (χ1v) is 8.88. The highest BCUT2D eigenvalue weighted by Crippen LogP contribution is 2.40. The maximum atomic E-state index is 12.5. The molecule has 24 heavy (non-hydrogen) atoms. The van der Waals surface area contributed by atoms with Crippen LogP contribution in [0.5, 0.6) is 5.75 Å². The molecular formula is C19H26N2O3. The summed E-state index contributed by atoms with van der Waals surface area (Å²) in [4.78, 5) is 26.7. The Morgan fingerprint density at radius 1 is 1.08 bits per heavy atom. The number of hydrogen-bond donors (Lipinski definition) is 1. The Bertz CT molecular complexity index is 577. The van der Waals surface area contributed by atoms with Gasteiger partial charge in [-0.15, -0.1) is 0 Å². The van der Waals surface area contributed by atoms with E-state index in [1.807, 2.05) is 29.2 Å². The van der Waals surface area contributed by atoms with Gasteiger partial charge in [0.1, 0.15) is 5.75 Å². The first kappa shape index (κ1) is 16.8. The summed E-state index contributed by atoms with van der Waals surface area (Å²) in [6.07, 6.45) is 5.30. The summed E-state index contributed by atoms with van der Waals surface area (Å²) in [5.74, 6) is 0.744. The van der Waals surface area contributed by atoms with Crippen LogP contribution in [0.2, 0.25) is 0 Å². The maximum Gasteiger partial charge on any atom is 0.226 e. The number of carbonyl (C=O) groups is 2. The zero-order valence-corrected chi connectivity index (χ0v) is 14.3. The number of nitrogens with one attached hydrogen (secondary N) is 1. The third-order valence-electron chi connectivity index (χ3n) is 4.99. The maximum absolute atomic E-state index is 12.5. The molecule has 0 bridgehead atoms. The zero-order valence-electron chi connectivity index (χ0n) is 14.3. The van der Waals surface area contributed by atoms with E-state index in [2.05, 4.69) is 5.32 Å². The summed E-state index contributed by atoms with van der Waals surface area (Å²) >= 11 is 0. The van der Waals surface area contributed by atoms with E-state index in [1.54, 1.807) is 7.11 Å². The number of carbonyl (C=O) groups excluding carboxylic acids is 2. The zero-order chi connectivity index (χ0) is 16.9. The molecule has 1 saturated carbocycles. The van der Waals surface area contributed by atoms with Gasteiger partial charge < -0.3 is 15.0 Å². The first-order valence-electron chi connectivity index (χ1n) is 8.88. The summed E-state index contributed by atoms with van der Waals surface area (Å²) in [5, 5.41) is 2.95. The predicted molar refractivity (Wildman–Crippen MR) is 91.5 cm³/mol. The van der Waals surface area contributed by atoms with Gasteiger partial charge in [0.2, 0.25) is 11.8 Å². The fourth-order valence-corrected chi connectivity index (χ4v) is 3.35. The molecule has 2 aliphatic rings. The molecule has 1 aromatic carbocycles. The summed E-state index contributed by atoms with van der Waals surface area (Å²) in [6.45, 7) is 2.20. The van der Waals surface area contributed by atoms with E-state index in [-0.39, 0.29) is 23.7 Å². The van der Waals surface area contributed by atoms with Crippen molar-refractivity contribution in [1.29, 1.82) is 0 Å². The second kappa shape index (κ2) is 7.69. The van der Waals surface area contributed by atoms with Crippen LogP contribution in [0, 0.1) is 11.8 Å². The SMILES string of the molecule is COc1ccc(CNC(=O)C2CC2C(=O)N2CCCCCC2)cc1. The average molecular weight is 330 g/mol. The summed E-state index contributed by atoms with van der Waals surface area (Å²) in [6, 6.07) is 7.63. The van der Waals surface area contributed by atoms with Crippen LogP contribution in [-0.4, -0.2) is 36.9 Å². The van der Waals surface area contributed by atoms with Crippen LogP contribution >= 0.6 is 0 Å².